The summed E-state index contributed by atoms with van der Waals surface area (Å²) in [5.41, 5.74) is 0.539. The third-order valence-corrected chi connectivity index (χ3v) is 2.87. The highest BCUT2D eigenvalue weighted by molar-refractivity contribution is 6.31. The molecule has 0 aliphatic rings. The molecular weight excluding hydrogens is 260 g/mol. The summed E-state index contributed by atoms with van der Waals surface area (Å²) in [6.07, 6.45) is 4.38. The minimum absolute atomic E-state index is 0. The molecule has 0 fully saturated rings. The molecule has 0 spiro atoms. The van der Waals surface area contributed by atoms with Crippen LogP contribution in [0.5, 0.6) is 0 Å². The molecule has 0 aliphatic carbocycles. The molecule has 1 aromatic heterocycles. The topological polar surface area (TPSA) is 12.9 Å². The molecular formula is C13H14Cl2FN. The van der Waals surface area contributed by atoms with Crippen molar-refractivity contribution in [3.63, 3.8) is 0 Å². The third-order valence-electron chi connectivity index (χ3n) is 2.63. The monoisotopic (exact) mass is 273 g/mol. The van der Waals surface area contributed by atoms with Gasteiger partial charge in [0.15, 0.2) is 5.82 Å². The Bertz CT molecular complexity index is 514. The summed E-state index contributed by atoms with van der Waals surface area (Å²) >= 11 is 5.86. The lowest BCUT2D eigenvalue weighted by Gasteiger charge is -2.05. The van der Waals surface area contributed by atoms with Crippen molar-refractivity contribution >= 4 is 34.8 Å². The first-order chi connectivity index (χ1) is 7.72. The molecule has 17 heavy (non-hydrogen) atoms. The highest BCUT2D eigenvalue weighted by Crippen LogP contribution is 2.23. The fraction of sp³-hybridized carbons (Fsp3) is 0.308. The van der Waals surface area contributed by atoms with Crippen molar-refractivity contribution in [2.24, 2.45) is 0 Å². The highest BCUT2D eigenvalue weighted by atomic mass is 35.5. The van der Waals surface area contributed by atoms with Gasteiger partial charge in [-0.1, -0.05) is 31.0 Å². The van der Waals surface area contributed by atoms with Crippen LogP contribution in [0, 0.1) is 5.82 Å². The predicted octanol–water partition coefficient (Wildman–Crippen LogP) is 4.79. The summed E-state index contributed by atoms with van der Waals surface area (Å²) in [7, 11) is 0. The van der Waals surface area contributed by atoms with Crippen LogP contribution >= 0.6 is 24.0 Å². The van der Waals surface area contributed by atoms with Crippen LogP contribution < -0.4 is 0 Å². The zero-order valence-electron chi connectivity index (χ0n) is 9.54. The van der Waals surface area contributed by atoms with E-state index in [0.29, 0.717) is 22.5 Å². The molecule has 0 aliphatic heterocycles. The first kappa shape index (κ1) is 14.2. The van der Waals surface area contributed by atoms with Gasteiger partial charge in [-0.15, -0.1) is 12.4 Å². The minimum Gasteiger partial charge on any atom is -0.258 e. The van der Waals surface area contributed by atoms with Crippen LogP contribution in [-0.2, 0) is 6.42 Å². The Morgan fingerprint density at radius 1 is 1.35 bits per heavy atom. The second-order valence-corrected chi connectivity index (χ2v) is 4.29. The quantitative estimate of drug-likeness (QED) is 0.784. The lowest BCUT2D eigenvalue weighted by atomic mass is 10.1. The van der Waals surface area contributed by atoms with E-state index in [1.54, 1.807) is 24.4 Å². The molecule has 0 N–H and O–H groups in total. The van der Waals surface area contributed by atoms with E-state index in [4.69, 9.17) is 11.6 Å². The van der Waals surface area contributed by atoms with Gasteiger partial charge in [0.2, 0.25) is 0 Å². The van der Waals surface area contributed by atoms with Gasteiger partial charge >= 0.3 is 0 Å². The standard InChI is InChI=1S/C13H13ClFN.ClH/c1-2-3-4-12-13(15)11-7-10(14)6-5-9(11)8-16-12;/h5-8H,2-4H2,1H3;1H. The van der Waals surface area contributed by atoms with Crippen LogP contribution in [0.25, 0.3) is 10.8 Å². The maximum absolute atomic E-state index is 14.1. The summed E-state index contributed by atoms with van der Waals surface area (Å²) in [6.45, 7) is 2.08. The van der Waals surface area contributed by atoms with Crippen molar-refractivity contribution in [3.05, 3.63) is 40.9 Å². The van der Waals surface area contributed by atoms with E-state index < -0.39 is 0 Å². The number of benzene rings is 1. The Morgan fingerprint density at radius 2 is 2.12 bits per heavy atom. The van der Waals surface area contributed by atoms with E-state index >= 15 is 0 Å². The number of halogens is 3. The number of unbranched alkanes of at least 4 members (excludes halogenated alkanes) is 1. The largest absolute Gasteiger partial charge is 0.258 e. The molecule has 92 valence electrons. The maximum Gasteiger partial charge on any atom is 0.152 e. The molecule has 0 saturated carbocycles. The number of nitrogens with zero attached hydrogens (tertiary/aromatic N) is 1. The van der Waals surface area contributed by atoms with Crippen LogP contribution in [0.2, 0.25) is 5.02 Å². The molecule has 4 heteroatoms. The van der Waals surface area contributed by atoms with Gasteiger partial charge in [-0.05, 0) is 25.0 Å². The van der Waals surface area contributed by atoms with Crippen molar-refractivity contribution in [2.75, 3.05) is 0 Å². The molecule has 0 saturated heterocycles. The normalized spacial score (nSPS) is 10.3. The molecule has 0 unspecified atom stereocenters. The number of rotatable bonds is 3. The smallest absolute Gasteiger partial charge is 0.152 e. The van der Waals surface area contributed by atoms with Crippen LogP contribution in [-0.4, -0.2) is 4.98 Å². The zero-order chi connectivity index (χ0) is 11.5. The molecule has 2 aromatic rings. The summed E-state index contributed by atoms with van der Waals surface area (Å²) in [4.78, 5) is 4.16. The number of aryl methyl sites for hydroxylation is 1. The third kappa shape index (κ3) is 3.08. The van der Waals surface area contributed by atoms with Gasteiger partial charge in [0.25, 0.3) is 0 Å². The van der Waals surface area contributed by atoms with Crippen molar-refractivity contribution in [3.8, 4) is 0 Å². The number of fused-ring (bicyclic) bond motifs is 1. The molecule has 1 heterocycles. The van der Waals surface area contributed by atoms with Gasteiger partial charge in [-0.25, -0.2) is 4.39 Å². The average Bonchev–Trinajstić information content (AvgIpc) is 2.29. The molecule has 0 radical (unpaired) electrons. The van der Waals surface area contributed by atoms with Crippen LogP contribution in [0.3, 0.4) is 0 Å². The van der Waals surface area contributed by atoms with E-state index in [1.807, 2.05) is 0 Å². The molecule has 0 bridgehead atoms. The number of aromatic nitrogens is 1. The Morgan fingerprint density at radius 3 is 2.82 bits per heavy atom. The molecule has 1 nitrogen and oxygen atoms in total. The summed E-state index contributed by atoms with van der Waals surface area (Å²) in [5.74, 6) is -0.228. The second kappa shape index (κ2) is 6.18. The van der Waals surface area contributed by atoms with E-state index in [2.05, 4.69) is 11.9 Å². The highest BCUT2D eigenvalue weighted by Gasteiger charge is 2.08. The molecule has 0 amide bonds. The molecule has 2 rings (SSSR count). The van der Waals surface area contributed by atoms with Crippen LogP contribution in [0.4, 0.5) is 4.39 Å². The van der Waals surface area contributed by atoms with Gasteiger partial charge < -0.3 is 0 Å². The fourth-order valence-corrected chi connectivity index (χ4v) is 1.88. The fourth-order valence-electron chi connectivity index (χ4n) is 1.71. The minimum atomic E-state index is -0.228. The van der Waals surface area contributed by atoms with Crippen molar-refractivity contribution in [2.45, 2.75) is 26.2 Å². The number of hydrogen-bond acceptors (Lipinski definition) is 1. The second-order valence-electron chi connectivity index (χ2n) is 3.85. The number of hydrogen-bond donors (Lipinski definition) is 0. The van der Waals surface area contributed by atoms with Gasteiger partial charge in [-0.2, -0.15) is 0 Å². The van der Waals surface area contributed by atoms with Crippen molar-refractivity contribution in [1.82, 2.24) is 4.98 Å². The number of pyridine rings is 1. The molecule has 1 aromatic carbocycles. The van der Waals surface area contributed by atoms with Crippen molar-refractivity contribution in [1.29, 1.82) is 0 Å². The first-order valence-electron chi connectivity index (χ1n) is 5.45. The van der Waals surface area contributed by atoms with Gasteiger partial charge in [0.05, 0.1) is 5.69 Å². The Hall–Kier alpha value is -0.860. The maximum atomic E-state index is 14.1. The predicted molar refractivity (Wildman–Crippen MR) is 72.6 cm³/mol. The van der Waals surface area contributed by atoms with Crippen LogP contribution in [0.1, 0.15) is 25.5 Å². The summed E-state index contributed by atoms with van der Waals surface area (Å²) in [6, 6.07) is 5.19. The van der Waals surface area contributed by atoms with Gasteiger partial charge in [-0.3, -0.25) is 4.98 Å². The Kier molecular flexibility index (Phi) is 5.16. The molecule has 0 atom stereocenters. The van der Waals surface area contributed by atoms with E-state index in [-0.39, 0.29) is 18.2 Å². The SMILES string of the molecule is CCCCc1ncc2ccc(Cl)cc2c1F.Cl. The lowest BCUT2D eigenvalue weighted by Crippen LogP contribution is -1.96. The van der Waals surface area contributed by atoms with Crippen LogP contribution in [0.15, 0.2) is 24.4 Å². The lowest BCUT2D eigenvalue weighted by molar-refractivity contribution is 0.603. The van der Waals surface area contributed by atoms with Gasteiger partial charge in [0.1, 0.15) is 0 Å². The van der Waals surface area contributed by atoms with Crippen molar-refractivity contribution < 1.29 is 4.39 Å². The Balaban J connectivity index is 0.00000144. The van der Waals surface area contributed by atoms with E-state index in [1.165, 1.54) is 0 Å². The average molecular weight is 274 g/mol. The summed E-state index contributed by atoms with van der Waals surface area (Å²) in [5, 5.41) is 1.91. The van der Waals surface area contributed by atoms with Gasteiger partial charge in [0, 0.05) is 22.0 Å². The first-order valence-corrected chi connectivity index (χ1v) is 5.83. The zero-order valence-corrected chi connectivity index (χ0v) is 11.1. The summed E-state index contributed by atoms with van der Waals surface area (Å²) < 4.78 is 14.1. The Labute approximate surface area is 111 Å². The van der Waals surface area contributed by atoms with E-state index in [9.17, 15) is 4.39 Å². The van der Waals surface area contributed by atoms with E-state index in [0.717, 1.165) is 18.2 Å².